The summed E-state index contributed by atoms with van der Waals surface area (Å²) in [6.07, 6.45) is 2.02. The van der Waals surface area contributed by atoms with Crippen LogP contribution in [0.25, 0.3) is 11.0 Å². The Morgan fingerprint density at radius 3 is 2.59 bits per heavy atom. The maximum atomic E-state index is 12.5. The molecule has 22 heavy (non-hydrogen) atoms. The lowest BCUT2D eigenvalue weighted by Gasteiger charge is -2.05. The van der Waals surface area contributed by atoms with Gasteiger partial charge in [-0.2, -0.15) is 11.8 Å². The molecule has 3 rings (SSSR count). The van der Waals surface area contributed by atoms with Gasteiger partial charge in [0.05, 0.1) is 0 Å². The Morgan fingerprint density at radius 2 is 1.82 bits per heavy atom. The van der Waals surface area contributed by atoms with Crippen molar-refractivity contribution in [2.45, 2.75) is 12.3 Å². The van der Waals surface area contributed by atoms with Crippen LogP contribution >= 0.6 is 11.8 Å². The highest BCUT2D eigenvalue weighted by Gasteiger charge is 2.19. The summed E-state index contributed by atoms with van der Waals surface area (Å²) >= 11 is 1.68. The Hall–Kier alpha value is -2.20. The van der Waals surface area contributed by atoms with E-state index in [0.29, 0.717) is 12.3 Å². The van der Waals surface area contributed by atoms with Crippen LogP contribution in [-0.4, -0.2) is 12.2 Å². The van der Waals surface area contributed by atoms with Gasteiger partial charge in [-0.25, -0.2) is 0 Å². The molecule has 0 aliphatic carbocycles. The zero-order chi connectivity index (χ0) is 15.4. The van der Waals surface area contributed by atoms with Gasteiger partial charge in [-0.15, -0.1) is 0 Å². The number of para-hydroxylation sites is 1. The average Bonchev–Trinajstić information content (AvgIpc) is 2.93. The van der Waals surface area contributed by atoms with Crippen LogP contribution in [0.2, 0.25) is 0 Å². The van der Waals surface area contributed by atoms with Gasteiger partial charge in [-0.3, -0.25) is 4.79 Å². The molecule has 0 fully saturated rings. The van der Waals surface area contributed by atoms with E-state index in [1.54, 1.807) is 11.8 Å². The Labute approximate surface area is 133 Å². The van der Waals surface area contributed by atoms with Crippen molar-refractivity contribution in [3.05, 3.63) is 71.5 Å². The van der Waals surface area contributed by atoms with Gasteiger partial charge >= 0.3 is 0 Å². The molecule has 0 aliphatic heterocycles. The van der Waals surface area contributed by atoms with Crippen LogP contribution in [0.1, 0.15) is 21.7 Å². The average molecular weight is 311 g/mol. The number of hydrogen-bond donors (Lipinski definition) is 1. The molecule has 112 valence electrons. The lowest BCUT2D eigenvalue weighted by atomic mass is 10.1. The SMILES string of the molecule is CSCc1c(C(=O)NCc2ccccc2)oc2ccccc12. The van der Waals surface area contributed by atoms with Crippen LogP contribution < -0.4 is 5.32 Å². The van der Waals surface area contributed by atoms with Gasteiger partial charge in [0.15, 0.2) is 5.76 Å². The molecule has 1 N–H and O–H groups in total. The molecule has 3 nitrogen and oxygen atoms in total. The van der Waals surface area contributed by atoms with Crippen LogP contribution in [0.3, 0.4) is 0 Å². The first-order valence-corrected chi connectivity index (χ1v) is 8.50. The number of carbonyl (C=O) groups is 1. The van der Waals surface area contributed by atoms with Crippen LogP contribution in [0.4, 0.5) is 0 Å². The molecule has 0 spiro atoms. The summed E-state index contributed by atoms with van der Waals surface area (Å²) in [5, 5.41) is 3.95. The van der Waals surface area contributed by atoms with Crippen molar-refractivity contribution < 1.29 is 9.21 Å². The molecule has 0 saturated carbocycles. The first-order chi connectivity index (χ1) is 10.8. The minimum atomic E-state index is -0.163. The molecule has 0 unspecified atom stereocenters. The van der Waals surface area contributed by atoms with E-state index in [1.807, 2.05) is 60.9 Å². The lowest BCUT2D eigenvalue weighted by molar-refractivity contribution is 0.0924. The molecule has 0 aliphatic rings. The molecular weight excluding hydrogens is 294 g/mol. The second kappa shape index (κ2) is 6.71. The number of hydrogen-bond acceptors (Lipinski definition) is 3. The van der Waals surface area contributed by atoms with Crippen molar-refractivity contribution >= 4 is 28.6 Å². The monoisotopic (exact) mass is 311 g/mol. The highest BCUT2D eigenvalue weighted by molar-refractivity contribution is 7.97. The molecule has 0 saturated heterocycles. The zero-order valence-corrected chi connectivity index (χ0v) is 13.2. The molecule has 0 radical (unpaired) electrons. The van der Waals surface area contributed by atoms with E-state index in [9.17, 15) is 4.79 Å². The van der Waals surface area contributed by atoms with E-state index in [1.165, 1.54) is 0 Å². The lowest BCUT2D eigenvalue weighted by Crippen LogP contribution is -2.23. The molecule has 0 bridgehead atoms. The maximum Gasteiger partial charge on any atom is 0.287 e. The van der Waals surface area contributed by atoms with Crippen LogP contribution in [0, 0.1) is 0 Å². The Morgan fingerprint density at radius 1 is 1.09 bits per heavy atom. The minimum absolute atomic E-state index is 0.163. The number of rotatable bonds is 5. The third kappa shape index (κ3) is 3.02. The standard InChI is InChI=1S/C18H17NO2S/c1-22-12-15-14-9-5-6-10-16(14)21-17(15)18(20)19-11-13-7-3-2-4-8-13/h2-10H,11-12H2,1H3,(H,19,20). The van der Waals surface area contributed by atoms with Gasteiger partial charge in [0.25, 0.3) is 5.91 Å². The Balaban J connectivity index is 1.85. The normalized spacial score (nSPS) is 10.8. The van der Waals surface area contributed by atoms with E-state index in [0.717, 1.165) is 27.8 Å². The van der Waals surface area contributed by atoms with Crippen LogP contribution in [-0.2, 0) is 12.3 Å². The molecule has 2 aromatic carbocycles. The summed E-state index contributed by atoms with van der Waals surface area (Å²) in [7, 11) is 0. The van der Waals surface area contributed by atoms with Gasteiger partial charge in [-0.05, 0) is 17.9 Å². The van der Waals surface area contributed by atoms with Crippen molar-refractivity contribution in [1.29, 1.82) is 0 Å². The second-order valence-electron chi connectivity index (χ2n) is 5.01. The first-order valence-electron chi connectivity index (χ1n) is 7.11. The van der Waals surface area contributed by atoms with E-state index < -0.39 is 0 Å². The number of carbonyl (C=O) groups excluding carboxylic acids is 1. The predicted molar refractivity (Wildman–Crippen MR) is 91.0 cm³/mol. The fourth-order valence-corrected chi connectivity index (χ4v) is 3.00. The number of thioether (sulfide) groups is 1. The van der Waals surface area contributed by atoms with Crippen molar-refractivity contribution in [1.82, 2.24) is 5.32 Å². The van der Waals surface area contributed by atoms with E-state index >= 15 is 0 Å². The first kappa shape index (κ1) is 14.7. The minimum Gasteiger partial charge on any atom is -0.451 e. The van der Waals surface area contributed by atoms with Crippen molar-refractivity contribution in [2.24, 2.45) is 0 Å². The summed E-state index contributed by atoms with van der Waals surface area (Å²) < 4.78 is 5.78. The molecular formula is C18H17NO2S. The summed E-state index contributed by atoms with van der Waals surface area (Å²) in [5.41, 5.74) is 2.79. The largest absolute Gasteiger partial charge is 0.451 e. The van der Waals surface area contributed by atoms with Gasteiger partial charge in [0.2, 0.25) is 0 Å². The number of fused-ring (bicyclic) bond motifs is 1. The van der Waals surface area contributed by atoms with Crippen LogP contribution in [0.15, 0.2) is 59.0 Å². The quantitative estimate of drug-likeness (QED) is 0.767. The fourth-order valence-electron chi connectivity index (χ4n) is 2.43. The molecule has 4 heteroatoms. The molecule has 1 heterocycles. The van der Waals surface area contributed by atoms with Gasteiger partial charge < -0.3 is 9.73 Å². The molecule has 3 aromatic rings. The Bertz CT molecular complexity index is 780. The zero-order valence-electron chi connectivity index (χ0n) is 12.3. The van der Waals surface area contributed by atoms with E-state index in [-0.39, 0.29) is 5.91 Å². The predicted octanol–water partition coefficient (Wildman–Crippen LogP) is 4.23. The number of nitrogens with one attached hydrogen (secondary N) is 1. The highest BCUT2D eigenvalue weighted by Crippen LogP contribution is 2.28. The second-order valence-corrected chi connectivity index (χ2v) is 5.87. The van der Waals surface area contributed by atoms with Crippen molar-refractivity contribution in [3.63, 3.8) is 0 Å². The Kier molecular flexibility index (Phi) is 4.49. The van der Waals surface area contributed by atoms with Crippen molar-refractivity contribution in [3.8, 4) is 0 Å². The van der Waals surface area contributed by atoms with Crippen LogP contribution in [0.5, 0.6) is 0 Å². The third-order valence-electron chi connectivity index (χ3n) is 3.49. The summed E-state index contributed by atoms with van der Waals surface area (Å²) in [6.45, 7) is 0.495. The number of amides is 1. The van der Waals surface area contributed by atoms with Gasteiger partial charge in [0, 0.05) is 23.2 Å². The third-order valence-corrected chi connectivity index (χ3v) is 4.07. The summed E-state index contributed by atoms with van der Waals surface area (Å²) in [6, 6.07) is 17.6. The fraction of sp³-hybridized carbons (Fsp3) is 0.167. The topological polar surface area (TPSA) is 42.2 Å². The highest BCUT2D eigenvalue weighted by atomic mass is 32.2. The molecule has 0 atom stereocenters. The number of furan rings is 1. The van der Waals surface area contributed by atoms with Crippen molar-refractivity contribution in [2.75, 3.05) is 6.26 Å². The number of benzene rings is 2. The molecule has 1 amide bonds. The van der Waals surface area contributed by atoms with E-state index in [2.05, 4.69) is 5.32 Å². The summed E-state index contributed by atoms with van der Waals surface area (Å²) in [5.74, 6) is 1.01. The van der Waals surface area contributed by atoms with Gasteiger partial charge in [-0.1, -0.05) is 48.5 Å². The van der Waals surface area contributed by atoms with E-state index in [4.69, 9.17) is 4.42 Å². The molecule has 1 aromatic heterocycles. The van der Waals surface area contributed by atoms with Gasteiger partial charge in [0.1, 0.15) is 5.58 Å². The summed E-state index contributed by atoms with van der Waals surface area (Å²) in [4.78, 5) is 12.5. The maximum absolute atomic E-state index is 12.5. The smallest absolute Gasteiger partial charge is 0.287 e.